The van der Waals surface area contributed by atoms with Crippen LogP contribution in [0.25, 0.3) is 0 Å². The first kappa shape index (κ1) is 16.8. The van der Waals surface area contributed by atoms with Gasteiger partial charge in [-0.3, -0.25) is 9.69 Å². The number of fused-ring (bicyclic) bond motifs is 1. The fourth-order valence-electron chi connectivity index (χ4n) is 2.67. The van der Waals surface area contributed by atoms with Gasteiger partial charge in [-0.05, 0) is 36.2 Å². The molecule has 2 aromatic rings. The Morgan fingerprint density at radius 1 is 1.28 bits per heavy atom. The Hall–Kier alpha value is -3.09. The third-order valence-electron chi connectivity index (χ3n) is 4.01. The van der Waals surface area contributed by atoms with Crippen molar-refractivity contribution in [2.75, 3.05) is 17.7 Å². The van der Waals surface area contributed by atoms with Gasteiger partial charge in [0.1, 0.15) is 5.82 Å². The molecule has 0 saturated carbocycles. The van der Waals surface area contributed by atoms with Crippen molar-refractivity contribution in [1.82, 2.24) is 4.98 Å². The van der Waals surface area contributed by atoms with E-state index in [9.17, 15) is 9.59 Å². The van der Waals surface area contributed by atoms with Gasteiger partial charge in [-0.25, -0.2) is 9.78 Å². The first-order valence-corrected chi connectivity index (χ1v) is 7.95. The Morgan fingerprint density at radius 2 is 2.00 bits per heavy atom. The van der Waals surface area contributed by atoms with E-state index in [0.29, 0.717) is 35.9 Å². The number of rotatable bonds is 4. The van der Waals surface area contributed by atoms with Crippen molar-refractivity contribution in [2.24, 2.45) is 0 Å². The first-order valence-electron chi connectivity index (χ1n) is 7.95. The van der Waals surface area contributed by atoms with Crippen molar-refractivity contribution < 1.29 is 19.1 Å². The molecule has 1 atom stereocenters. The number of carbonyl (C=O) groups excluding carboxylic acids is 2. The highest BCUT2D eigenvalue weighted by Gasteiger charge is 2.34. The summed E-state index contributed by atoms with van der Waals surface area (Å²) in [4.78, 5) is 30.0. The highest BCUT2D eigenvalue weighted by atomic mass is 16.5. The van der Waals surface area contributed by atoms with Gasteiger partial charge in [-0.15, -0.1) is 0 Å². The van der Waals surface area contributed by atoms with Gasteiger partial charge in [0.05, 0.1) is 19.2 Å². The number of nitrogen functional groups attached to an aromatic ring is 1. The predicted molar refractivity (Wildman–Crippen MR) is 92.3 cm³/mol. The predicted octanol–water partition coefficient (Wildman–Crippen LogP) is 2.15. The number of amides is 1. The molecule has 130 valence electrons. The van der Waals surface area contributed by atoms with E-state index in [0.717, 1.165) is 5.56 Å². The highest BCUT2D eigenvalue weighted by molar-refractivity contribution is 5.99. The fourth-order valence-corrected chi connectivity index (χ4v) is 2.67. The summed E-state index contributed by atoms with van der Waals surface area (Å²) in [6, 6.07) is 10.3. The molecule has 1 amide bonds. The molecule has 7 heteroatoms. The lowest BCUT2D eigenvalue weighted by molar-refractivity contribution is -0.126. The summed E-state index contributed by atoms with van der Waals surface area (Å²) < 4.78 is 10.4. The largest absolute Gasteiger partial charge is 0.477 e. The molecule has 25 heavy (non-hydrogen) atoms. The lowest BCUT2D eigenvalue weighted by atomic mass is 10.1. The van der Waals surface area contributed by atoms with Crippen LogP contribution in [-0.2, 0) is 16.1 Å². The second-order valence-corrected chi connectivity index (χ2v) is 5.69. The van der Waals surface area contributed by atoms with E-state index >= 15 is 0 Å². The van der Waals surface area contributed by atoms with Crippen molar-refractivity contribution in [1.29, 1.82) is 0 Å². The number of methoxy groups -OCH3 is 1. The maximum atomic E-state index is 12.7. The molecule has 2 heterocycles. The summed E-state index contributed by atoms with van der Waals surface area (Å²) in [5, 5.41) is 0. The Balaban J connectivity index is 1.91. The van der Waals surface area contributed by atoms with E-state index < -0.39 is 12.1 Å². The van der Waals surface area contributed by atoms with Crippen molar-refractivity contribution >= 4 is 23.5 Å². The number of anilines is 2. The van der Waals surface area contributed by atoms with E-state index in [4.69, 9.17) is 10.5 Å². The minimum Gasteiger partial charge on any atom is -0.477 e. The zero-order chi connectivity index (χ0) is 18.0. The number of pyridine rings is 1. The molecule has 0 fully saturated rings. The van der Waals surface area contributed by atoms with Gasteiger partial charge in [0.15, 0.2) is 17.7 Å². The maximum Gasteiger partial charge on any atom is 0.337 e. The van der Waals surface area contributed by atoms with Gasteiger partial charge in [-0.2, -0.15) is 0 Å². The maximum absolute atomic E-state index is 12.7. The molecule has 0 radical (unpaired) electrons. The number of carbonyl (C=O) groups is 2. The van der Waals surface area contributed by atoms with Crippen molar-refractivity contribution in [2.45, 2.75) is 26.0 Å². The molecule has 2 N–H and O–H groups in total. The van der Waals surface area contributed by atoms with Crippen molar-refractivity contribution in [3.05, 3.63) is 47.5 Å². The van der Waals surface area contributed by atoms with Crippen LogP contribution in [0.1, 0.15) is 29.3 Å². The Kier molecular flexibility index (Phi) is 4.56. The average Bonchev–Trinajstić information content (AvgIpc) is 2.64. The number of nitrogens with zero attached hydrogens (tertiary/aromatic N) is 2. The molecule has 1 aromatic carbocycles. The summed E-state index contributed by atoms with van der Waals surface area (Å²) in [6.45, 7) is 2.20. The summed E-state index contributed by atoms with van der Waals surface area (Å²) >= 11 is 0. The number of hydrogen-bond donors (Lipinski definition) is 1. The highest BCUT2D eigenvalue weighted by Crippen LogP contribution is 2.34. The molecule has 1 aliphatic rings. The Morgan fingerprint density at radius 3 is 2.64 bits per heavy atom. The molecular formula is C18H19N3O4. The van der Waals surface area contributed by atoms with Crippen LogP contribution >= 0.6 is 0 Å². The minimum atomic E-state index is -0.549. The van der Waals surface area contributed by atoms with E-state index in [-0.39, 0.29) is 5.91 Å². The minimum absolute atomic E-state index is 0.162. The lowest BCUT2D eigenvalue weighted by Gasteiger charge is -2.33. The number of ether oxygens (including phenoxy) is 2. The van der Waals surface area contributed by atoms with Crippen LogP contribution in [0.2, 0.25) is 0 Å². The molecule has 0 bridgehead atoms. The topological polar surface area (TPSA) is 94.8 Å². The molecule has 7 nitrogen and oxygen atoms in total. The van der Waals surface area contributed by atoms with E-state index in [1.54, 1.807) is 41.3 Å². The van der Waals surface area contributed by atoms with E-state index in [2.05, 4.69) is 9.72 Å². The molecule has 0 aliphatic carbocycles. The number of esters is 1. The number of nitrogens with two attached hydrogens (primary N) is 1. The van der Waals surface area contributed by atoms with Gasteiger partial charge >= 0.3 is 5.97 Å². The molecule has 3 rings (SSSR count). The van der Waals surface area contributed by atoms with Crippen LogP contribution in [0.3, 0.4) is 0 Å². The van der Waals surface area contributed by atoms with Gasteiger partial charge in [0.25, 0.3) is 5.91 Å². The van der Waals surface area contributed by atoms with Gasteiger partial charge in [0.2, 0.25) is 0 Å². The number of benzene rings is 1. The zero-order valence-electron chi connectivity index (χ0n) is 14.1. The summed E-state index contributed by atoms with van der Waals surface area (Å²) in [7, 11) is 1.33. The summed E-state index contributed by atoms with van der Waals surface area (Å²) in [6.07, 6.45) is 0.00715. The molecule has 1 aliphatic heterocycles. The third-order valence-corrected chi connectivity index (χ3v) is 4.01. The van der Waals surface area contributed by atoms with Crippen molar-refractivity contribution in [3.8, 4) is 5.75 Å². The number of aromatic nitrogens is 1. The van der Waals surface area contributed by atoms with Crippen LogP contribution in [0.15, 0.2) is 36.4 Å². The fraction of sp³-hybridized carbons (Fsp3) is 0.278. The molecule has 1 aromatic heterocycles. The van der Waals surface area contributed by atoms with E-state index in [1.807, 2.05) is 6.92 Å². The monoisotopic (exact) mass is 341 g/mol. The van der Waals surface area contributed by atoms with Gasteiger partial charge in [-0.1, -0.05) is 19.1 Å². The quantitative estimate of drug-likeness (QED) is 0.856. The molecule has 0 saturated heterocycles. The average molecular weight is 341 g/mol. The van der Waals surface area contributed by atoms with Crippen LogP contribution in [0.4, 0.5) is 11.6 Å². The second-order valence-electron chi connectivity index (χ2n) is 5.69. The Bertz CT molecular complexity index is 804. The smallest absolute Gasteiger partial charge is 0.337 e. The zero-order valence-corrected chi connectivity index (χ0v) is 14.1. The molecule has 0 spiro atoms. The second kappa shape index (κ2) is 6.80. The normalized spacial score (nSPS) is 16.2. The number of hydrogen-bond acceptors (Lipinski definition) is 6. The van der Waals surface area contributed by atoms with E-state index in [1.165, 1.54) is 7.11 Å². The first-order chi connectivity index (χ1) is 12.0. The van der Waals surface area contributed by atoms with Crippen LogP contribution in [-0.4, -0.2) is 30.1 Å². The Labute approximate surface area is 145 Å². The van der Waals surface area contributed by atoms with Gasteiger partial charge in [0, 0.05) is 0 Å². The molecule has 1 unspecified atom stereocenters. The van der Waals surface area contributed by atoms with Gasteiger partial charge < -0.3 is 15.2 Å². The van der Waals surface area contributed by atoms with Crippen LogP contribution in [0, 0.1) is 0 Å². The van der Waals surface area contributed by atoms with Crippen LogP contribution in [0.5, 0.6) is 5.75 Å². The van der Waals surface area contributed by atoms with Crippen molar-refractivity contribution in [3.63, 3.8) is 0 Å². The summed E-state index contributed by atoms with van der Waals surface area (Å²) in [5.74, 6) is 0.694. The lowest BCUT2D eigenvalue weighted by Crippen LogP contribution is -2.45. The SMILES string of the molecule is CCC1Oc2ccc(N)nc2N(Cc2ccc(C(=O)OC)cc2)C1=O. The standard InChI is InChI=1S/C18H19N3O4/c1-3-13-17(22)21(16-14(25-13)8-9-15(19)20-16)10-11-4-6-12(7-5-11)18(23)24-2/h4-9,13H,3,10H2,1-2H3,(H2,19,20). The van der Waals surface area contributed by atoms with Crippen LogP contribution < -0.4 is 15.4 Å². The molecular weight excluding hydrogens is 322 g/mol. The third kappa shape index (κ3) is 3.26. The summed E-state index contributed by atoms with van der Waals surface area (Å²) in [5.41, 5.74) is 7.07.